The number of thioether (sulfide) groups is 8. The second kappa shape index (κ2) is 45.9. The maximum Gasteiger partial charge on any atom is 0.194 e. The van der Waals surface area contributed by atoms with Gasteiger partial charge in [0.25, 0.3) is 0 Å². The standard InChI is InChI=1S/C118H130F6N4O2S8/c1-9-17-23-27-33-71-37-45-77(46-38-71)117(78-47-39-72(40-48-78)34-28-24-18-10-2)89-55-81(53-87-99(75(63-125)64-126)83-57-91(119)93(121)59-85(83)107(87)129)133-109(89)113-105(117)103-101(97-61-95(123)115(135-97)131-67-69(15-7)31-21-13-5)112-104(102(111(103)137-113)98-62-96(124)116(136-98)132-68-70(16-8)32-22-14-6)106-114(138-112)110-90(56-82(134-110)54-88-100(76(65-127)66-128)84-58-92(120)94(122)60-86(84)108(88)130)118(106,79-49-41-73(42-50-79)35-29-25-19-11-3)80-51-43-74(44-52-80)36-30-26-20-12-4/h37-54,57-60,69-70,81-82,89-90,95,97-98,105-106,109-110,113-115H,9-36,55-56,61-62,67-68H2,1-8H3/b87-53-,88-54-. The number of carbonyl (C=O) groups excluding carboxylic acids is 2. The Hall–Kier alpha value is -7.08. The summed E-state index contributed by atoms with van der Waals surface area (Å²) in [4.78, 5) is 33.1. The number of nitrogens with zero attached hydrogens (tertiary/aromatic N) is 4. The summed E-state index contributed by atoms with van der Waals surface area (Å²) in [6.45, 7) is 18.0. The number of alkyl halides is 1. The molecule has 7 aromatic rings. The van der Waals surface area contributed by atoms with Gasteiger partial charge >= 0.3 is 0 Å². The van der Waals surface area contributed by atoms with Gasteiger partial charge in [0.15, 0.2) is 34.8 Å². The molecule has 0 N–H and O–H groups in total. The number of hydrogen-bond acceptors (Lipinski definition) is 14. The van der Waals surface area contributed by atoms with Gasteiger partial charge in [0.05, 0.1) is 8.82 Å². The largest absolute Gasteiger partial charge is 0.289 e. The number of fused-ring (bicyclic) bond motifs is 12. The van der Waals surface area contributed by atoms with Crippen LogP contribution in [-0.4, -0.2) is 65.3 Å². The number of carbonyl (C=O) groups is 2. The van der Waals surface area contributed by atoms with Crippen molar-refractivity contribution in [3.63, 3.8) is 0 Å². The van der Waals surface area contributed by atoms with E-state index in [2.05, 4.69) is 152 Å². The van der Waals surface area contributed by atoms with Crippen molar-refractivity contribution in [1.82, 2.24) is 0 Å². The molecule has 0 radical (unpaired) electrons. The van der Waals surface area contributed by atoms with Gasteiger partial charge in [-0.1, -0.05) is 280 Å². The van der Waals surface area contributed by atoms with Gasteiger partial charge in [0, 0.05) is 120 Å². The van der Waals surface area contributed by atoms with Crippen LogP contribution in [0.2, 0.25) is 0 Å². The van der Waals surface area contributed by atoms with Crippen LogP contribution in [0.5, 0.6) is 0 Å². The first kappa shape index (κ1) is 102. The molecule has 16 atom stereocenters. The highest BCUT2D eigenvalue weighted by Crippen LogP contribution is 2.80. The molecule has 138 heavy (non-hydrogen) atoms. The molecule has 6 heterocycles. The lowest BCUT2D eigenvalue weighted by atomic mass is 9.58. The first-order valence-corrected chi connectivity index (χ1v) is 59.2. The molecule has 0 amide bonds. The molecule has 17 rings (SSSR count). The van der Waals surface area contributed by atoms with Gasteiger partial charge in [-0.2, -0.15) is 21.0 Å². The molecule has 10 aliphatic rings. The zero-order valence-corrected chi connectivity index (χ0v) is 87.7. The quantitative estimate of drug-likeness (QED) is 0.0156. The van der Waals surface area contributed by atoms with E-state index in [1.807, 2.05) is 95.2 Å². The van der Waals surface area contributed by atoms with Gasteiger partial charge in [-0.05, 0) is 215 Å². The highest BCUT2D eigenvalue weighted by atomic mass is 32.2. The van der Waals surface area contributed by atoms with E-state index in [0.29, 0.717) is 24.7 Å². The van der Waals surface area contributed by atoms with Crippen molar-refractivity contribution in [1.29, 1.82) is 21.0 Å². The molecule has 0 aromatic heterocycles. The van der Waals surface area contributed by atoms with Gasteiger partial charge in [-0.15, -0.1) is 94.1 Å². The second-order valence-electron chi connectivity index (χ2n) is 40.3. The Labute approximate surface area is 850 Å². The summed E-state index contributed by atoms with van der Waals surface area (Å²) in [7, 11) is 0. The zero-order valence-electron chi connectivity index (χ0n) is 81.1. The van der Waals surface area contributed by atoms with E-state index in [4.69, 9.17) is 0 Å². The summed E-state index contributed by atoms with van der Waals surface area (Å²) in [5.41, 5.74) is 11.8. The summed E-state index contributed by atoms with van der Waals surface area (Å²) in [5, 5.41) is 40.9. The number of allylic oxidation sites excluding steroid dienone is 7. The molecule has 5 fully saturated rings. The molecular weight excluding hydrogens is 1880 g/mol. The summed E-state index contributed by atoms with van der Waals surface area (Å²) in [6, 6.07) is 50.1. The van der Waals surface area contributed by atoms with E-state index >= 15 is 35.9 Å². The first-order chi connectivity index (χ1) is 67.2. The lowest BCUT2D eigenvalue weighted by molar-refractivity contribution is 0.103. The van der Waals surface area contributed by atoms with Crippen molar-refractivity contribution in [2.45, 2.75) is 346 Å². The Morgan fingerprint density at radius 3 is 1.13 bits per heavy atom. The third-order valence-electron chi connectivity index (χ3n) is 32.0. The minimum Gasteiger partial charge on any atom is -0.289 e. The van der Waals surface area contributed by atoms with Crippen molar-refractivity contribution in [2.24, 2.45) is 23.7 Å². The first-order valence-electron chi connectivity index (χ1n) is 51.7. The Bertz CT molecular complexity index is 5550. The number of benzene rings is 7. The lowest BCUT2D eigenvalue weighted by Crippen LogP contribution is -2.40. The Morgan fingerprint density at radius 1 is 0.420 bits per heavy atom. The van der Waals surface area contributed by atoms with Gasteiger partial charge in [0.2, 0.25) is 0 Å². The average Bonchev–Trinajstić information content (AvgIpc) is 1.48. The number of rotatable bonds is 42. The summed E-state index contributed by atoms with van der Waals surface area (Å²) in [5.74, 6) is -4.67. The molecule has 0 bridgehead atoms. The predicted molar refractivity (Wildman–Crippen MR) is 569 cm³/mol. The Balaban J connectivity index is 0.958. The third kappa shape index (κ3) is 19.7. The Morgan fingerprint density at radius 2 is 0.775 bits per heavy atom. The molecule has 724 valence electrons. The van der Waals surface area contributed by atoms with E-state index in [1.165, 1.54) is 38.9 Å². The average molecular weight is 2010 g/mol. The highest BCUT2D eigenvalue weighted by molar-refractivity contribution is 8.22. The van der Waals surface area contributed by atoms with Crippen LogP contribution in [-0.2, 0) is 36.5 Å². The maximum atomic E-state index is 19.1. The van der Waals surface area contributed by atoms with Crippen LogP contribution < -0.4 is 0 Å². The maximum absolute atomic E-state index is 19.1. The van der Waals surface area contributed by atoms with Gasteiger partial charge in [-0.25, -0.2) is 26.3 Å². The highest BCUT2D eigenvalue weighted by Gasteiger charge is 2.72. The van der Waals surface area contributed by atoms with Crippen LogP contribution in [0.15, 0.2) is 176 Å². The van der Waals surface area contributed by atoms with Crippen LogP contribution in [0.25, 0.3) is 11.1 Å². The fourth-order valence-electron chi connectivity index (χ4n) is 25.0. The number of aryl methyl sites for hydroxylation is 4. The number of ketones is 2. The van der Waals surface area contributed by atoms with Gasteiger partial charge < -0.3 is 0 Å². The molecule has 16 unspecified atom stereocenters. The van der Waals surface area contributed by atoms with Crippen LogP contribution in [0, 0.1) is 92.3 Å². The lowest BCUT2D eigenvalue weighted by Gasteiger charge is -2.44. The van der Waals surface area contributed by atoms with Crippen LogP contribution in [0.3, 0.4) is 0 Å². The normalized spacial score (nSPS) is 25.3. The molecular formula is C118H130F6N4O2S8. The predicted octanol–water partition coefficient (Wildman–Crippen LogP) is 34.1. The van der Waals surface area contributed by atoms with Crippen molar-refractivity contribution in [2.75, 3.05) is 11.5 Å². The van der Waals surface area contributed by atoms with Gasteiger partial charge in [-0.3, -0.25) is 9.59 Å². The summed E-state index contributed by atoms with van der Waals surface area (Å²) >= 11 is 14.6. The number of Topliss-reactive ketones (excluding diaryl/α,β-unsaturated/α-hetero) is 2. The number of nitriles is 4. The molecule has 6 nitrogen and oxygen atoms in total. The molecule has 7 aromatic carbocycles. The van der Waals surface area contributed by atoms with Crippen LogP contribution in [0.1, 0.15) is 356 Å². The number of unbranched alkanes of at least 4 members (excludes halogenated alkanes) is 14. The minimum absolute atomic E-state index is 0.00450. The molecule has 20 heteroatoms. The zero-order chi connectivity index (χ0) is 96.8. The molecule has 6 aliphatic heterocycles. The van der Waals surface area contributed by atoms with E-state index in [9.17, 15) is 21.0 Å². The van der Waals surface area contributed by atoms with Crippen LogP contribution in [0.4, 0.5) is 26.3 Å². The van der Waals surface area contributed by atoms with Crippen molar-refractivity contribution >= 4 is 117 Å². The molecule has 0 spiro atoms. The fourth-order valence-corrected chi connectivity index (χ4v) is 39.4. The van der Waals surface area contributed by atoms with E-state index in [-0.39, 0.29) is 124 Å². The van der Waals surface area contributed by atoms with Gasteiger partial charge in [0.1, 0.15) is 47.4 Å². The monoisotopic (exact) mass is 2000 g/mol. The number of halogens is 6. The molecule has 2 saturated carbocycles. The van der Waals surface area contributed by atoms with Crippen molar-refractivity contribution < 1.29 is 35.9 Å². The minimum atomic E-state index is -1.20. The third-order valence-corrected chi connectivity index (χ3v) is 44.8. The second-order valence-corrected chi connectivity index (χ2v) is 50.8. The fraction of sp³-hybridized carbons (Fsp3) is 0.508. The summed E-state index contributed by atoms with van der Waals surface area (Å²) < 4.78 is 101. The topological polar surface area (TPSA) is 129 Å². The van der Waals surface area contributed by atoms with E-state index < -0.39 is 72.2 Å². The van der Waals surface area contributed by atoms with E-state index in [1.54, 1.807) is 35.3 Å². The van der Waals surface area contributed by atoms with Crippen molar-refractivity contribution in [3.8, 4) is 24.3 Å². The van der Waals surface area contributed by atoms with Crippen LogP contribution >= 0.6 is 94.1 Å². The van der Waals surface area contributed by atoms with E-state index in [0.717, 1.165) is 257 Å². The molecule has 4 aliphatic carbocycles. The summed E-state index contributed by atoms with van der Waals surface area (Å²) in [6.07, 6.45) is 33.7. The van der Waals surface area contributed by atoms with Crippen molar-refractivity contribution in [3.05, 3.63) is 278 Å². The number of hydrogen-bond donors (Lipinski definition) is 0. The smallest absolute Gasteiger partial charge is 0.194 e. The SMILES string of the molecule is CCCCCCc1ccc(C2(c3ccc(CCCCCC)cc3)C3CC(/C=C4\C(=O)c5cc(F)c(F)cc5C4=C(C#N)C#N)SC3C3Sc4c(C5CC(F)C(SCC(CC)CCCC)S5)c5c(c(C6CC(F)=C(SCC(CC)CCCC)S6)c4C32)SC2C3SC(/C=C4\C(=O)c6cc(F)c(F)cc6C4=C(C#N)C#N)CC3C(c3ccc(CCCCCC)cc3)(c3ccc(CCCCCC)cc3)C52)cc1. The molecule has 3 saturated heterocycles. The Kier molecular flexibility index (Phi) is 34.0.